The van der Waals surface area contributed by atoms with Crippen molar-refractivity contribution in [3.63, 3.8) is 0 Å². The lowest BCUT2D eigenvalue weighted by Crippen LogP contribution is -2.09. The van der Waals surface area contributed by atoms with Gasteiger partial charge in [-0.15, -0.1) is 0 Å². The fourth-order valence-corrected chi connectivity index (χ4v) is 1.66. The first kappa shape index (κ1) is 10.4. The van der Waals surface area contributed by atoms with E-state index in [0.29, 0.717) is 17.0 Å². The van der Waals surface area contributed by atoms with E-state index in [2.05, 4.69) is 4.98 Å². The number of fused-ring (bicyclic) bond motifs is 1. The van der Waals surface area contributed by atoms with E-state index in [1.807, 2.05) is 0 Å². The molecule has 0 aliphatic carbocycles. The molecular formula is C10H12N4O2. The van der Waals surface area contributed by atoms with E-state index >= 15 is 0 Å². The summed E-state index contributed by atoms with van der Waals surface area (Å²) in [6.07, 6.45) is 1.70. The molecule has 2 rings (SSSR count). The lowest BCUT2D eigenvalue weighted by Gasteiger charge is -2.04. The number of hydrogen-bond donors (Lipinski definition) is 3. The number of nitrogen functional groups attached to an aromatic ring is 1. The number of nitrogens with zero attached hydrogens (tertiary/aromatic N) is 2. The summed E-state index contributed by atoms with van der Waals surface area (Å²) < 4.78 is 1.61. The SMILES string of the molecule is CC(N)c1nc(C(=O)O)c2c(N)cccn12. The monoisotopic (exact) mass is 220 g/mol. The molecule has 2 heterocycles. The third kappa shape index (κ3) is 1.40. The van der Waals surface area contributed by atoms with Gasteiger partial charge in [0.15, 0.2) is 5.69 Å². The maximum Gasteiger partial charge on any atom is 0.356 e. The van der Waals surface area contributed by atoms with E-state index in [-0.39, 0.29) is 11.7 Å². The minimum Gasteiger partial charge on any atom is -0.476 e. The first-order valence-electron chi connectivity index (χ1n) is 4.77. The van der Waals surface area contributed by atoms with Gasteiger partial charge < -0.3 is 16.6 Å². The number of rotatable bonds is 2. The number of pyridine rings is 1. The van der Waals surface area contributed by atoms with E-state index in [9.17, 15) is 4.79 Å². The first-order chi connectivity index (χ1) is 7.52. The van der Waals surface area contributed by atoms with E-state index < -0.39 is 5.97 Å². The Balaban J connectivity index is 2.87. The minimum absolute atomic E-state index is 0.0644. The van der Waals surface area contributed by atoms with Gasteiger partial charge in [0.2, 0.25) is 0 Å². The van der Waals surface area contributed by atoms with Gasteiger partial charge in [0.05, 0.1) is 11.7 Å². The Morgan fingerprint density at radius 2 is 2.31 bits per heavy atom. The molecule has 0 saturated carbocycles. The molecule has 0 aliphatic heterocycles. The van der Waals surface area contributed by atoms with Crippen LogP contribution < -0.4 is 11.5 Å². The zero-order valence-electron chi connectivity index (χ0n) is 8.71. The summed E-state index contributed by atoms with van der Waals surface area (Å²) in [6.45, 7) is 1.74. The third-order valence-corrected chi connectivity index (χ3v) is 2.33. The molecule has 0 bridgehead atoms. The van der Waals surface area contributed by atoms with Crippen LogP contribution in [0.15, 0.2) is 18.3 Å². The molecule has 5 N–H and O–H groups in total. The van der Waals surface area contributed by atoms with Crippen LogP contribution in [0.2, 0.25) is 0 Å². The smallest absolute Gasteiger partial charge is 0.356 e. The summed E-state index contributed by atoms with van der Waals surface area (Å²) in [5, 5.41) is 9.03. The van der Waals surface area contributed by atoms with Crippen LogP contribution in [-0.2, 0) is 0 Å². The number of carboxylic acids is 1. The predicted octanol–water partition coefficient (Wildman–Crippen LogP) is 0.634. The Morgan fingerprint density at radius 3 is 2.88 bits per heavy atom. The number of aromatic carboxylic acids is 1. The van der Waals surface area contributed by atoms with Gasteiger partial charge in [0.25, 0.3) is 0 Å². The predicted molar refractivity (Wildman–Crippen MR) is 59.2 cm³/mol. The van der Waals surface area contributed by atoms with Crippen molar-refractivity contribution in [3.8, 4) is 0 Å². The topological polar surface area (TPSA) is 107 Å². The average molecular weight is 220 g/mol. The third-order valence-electron chi connectivity index (χ3n) is 2.33. The van der Waals surface area contributed by atoms with Crippen LogP contribution in [0, 0.1) is 0 Å². The maximum atomic E-state index is 11.0. The number of imidazole rings is 1. The zero-order chi connectivity index (χ0) is 11.9. The lowest BCUT2D eigenvalue weighted by atomic mass is 10.3. The van der Waals surface area contributed by atoms with Gasteiger partial charge in [0, 0.05) is 6.20 Å². The molecule has 0 spiro atoms. The van der Waals surface area contributed by atoms with Crippen molar-refractivity contribution in [1.82, 2.24) is 9.38 Å². The van der Waals surface area contributed by atoms with Crippen molar-refractivity contribution < 1.29 is 9.90 Å². The van der Waals surface area contributed by atoms with E-state index in [1.165, 1.54) is 0 Å². The van der Waals surface area contributed by atoms with E-state index in [4.69, 9.17) is 16.6 Å². The Labute approximate surface area is 91.5 Å². The highest BCUT2D eigenvalue weighted by Gasteiger charge is 2.19. The summed E-state index contributed by atoms with van der Waals surface area (Å²) in [5.41, 5.74) is 12.2. The second-order valence-corrected chi connectivity index (χ2v) is 3.59. The number of anilines is 1. The number of carboxylic acid groups (broad SMARTS) is 1. The molecule has 16 heavy (non-hydrogen) atoms. The van der Waals surface area contributed by atoms with Crippen LogP contribution in [0.3, 0.4) is 0 Å². The Bertz CT molecular complexity index is 559. The maximum absolute atomic E-state index is 11.0. The van der Waals surface area contributed by atoms with Crippen LogP contribution in [0.25, 0.3) is 5.52 Å². The molecule has 6 heteroatoms. The second-order valence-electron chi connectivity index (χ2n) is 3.59. The van der Waals surface area contributed by atoms with Crippen LogP contribution >= 0.6 is 0 Å². The Morgan fingerprint density at radius 1 is 1.62 bits per heavy atom. The molecule has 1 unspecified atom stereocenters. The normalized spacial score (nSPS) is 12.9. The summed E-state index contributed by atoms with van der Waals surface area (Å²) in [7, 11) is 0. The number of nitrogens with two attached hydrogens (primary N) is 2. The van der Waals surface area contributed by atoms with Crippen LogP contribution in [0.5, 0.6) is 0 Å². The molecule has 6 nitrogen and oxygen atoms in total. The highest BCUT2D eigenvalue weighted by atomic mass is 16.4. The zero-order valence-corrected chi connectivity index (χ0v) is 8.71. The highest BCUT2D eigenvalue weighted by molar-refractivity contribution is 5.97. The van der Waals surface area contributed by atoms with Gasteiger partial charge in [0.1, 0.15) is 11.3 Å². The Hall–Kier alpha value is -2.08. The Kier molecular flexibility index (Phi) is 2.28. The van der Waals surface area contributed by atoms with Gasteiger partial charge in [-0.2, -0.15) is 0 Å². The van der Waals surface area contributed by atoms with Crippen LogP contribution in [0.1, 0.15) is 29.3 Å². The number of carbonyl (C=O) groups is 1. The fraction of sp³-hybridized carbons (Fsp3) is 0.200. The van der Waals surface area contributed by atoms with Gasteiger partial charge in [-0.25, -0.2) is 9.78 Å². The van der Waals surface area contributed by atoms with Crippen molar-refractivity contribution in [2.75, 3.05) is 5.73 Å². The number of hydrogen-bond acceptors (Lipinski definition) is 4. The summed E-state index contributed by atoms with van der Waals surface area (Å²) in [5.74, 6) is -0.623. The van der Waals surface area contributed by atoms with Gasteiger partial charge in [-0.3, -0.25) is 4.40 Å². The second kappa shape index (κ2) is 3.49. The largest absolute Gasteiger partial charge is 0.476 e. The molecule has 2 aromatic rings. The van der Waals surface area contributed by atoms with Gasteiger partial charge >= 0.3 is 5.97 Å². The summed E-state index contributed by atoms with van der Waals surface area (Å²) in [4.78, 5) is 15.0. The lowest BCUT2D eigenvalue weighted by molar-refractivity contribution is 0.0693. The van der Waals surface area contributed by atoms with Crippen molar-refractivity contribution in [2.24, 2.45) is 5.73 Å². The molecule has 2 aromatic heterocycles. The molecule has 0 aliphatic rings. The summed E-state index contributed by atoms with van der Waals surface area (Å²) in [6, 6.07) is 3.00. The van der Waals surface area contributed by atoms with E-state index in [0.717, 1.165) is 0 Å². The van der Waals surface area contributed by atoms with Crippen LogP contribution in [-0.4, -0.2) is 20.5 Å². The first-order valence-corrected chi connectivity index (χ1v) is 4.77. The highest BCUT2D eigenvalue weighted by Crippen LogP contribution is 2.22. The molecule has 1 atom stereocenters. The van der Waals surface area contributed by atoms with Gasteiger partial charge in [-0.1, -0.05) is 0 Å². The molecule has 0 saturated heterocycles. The standard InChI is InChI=1S/C10H12N4O2/c1-5(11)9-13-7(10(15)16)8-6(12)3-2-4-14(8)9/h2-5H,11-12H2,1H3,(H,15,16). The molecule has 0 aromatic carbocycles. The fourth-order valence-electron chi connectivity index (χ4n) is 1.66. The van der Waals surface area contributed by atoms with Crippen molar-refractivity contribution in [1.29, 1.82) is 0 Å². The average Bonchev–Trinajstić information content (AvgIpc) is 2.58. The molecular weight excluding hydrogens is 208 g/mol. The van der Waals surface area contributed by atoms with Gasteiger partial charge in [-0.05, 0) is 19.1 Å². The van der Waals surface area contributed by atoms with Crippen molar-refractivity contribution in [2.45, 2.75) is 13.0 Å². The molecule has 0 amide bonds. The number of aromatic nitrogens is 2. The quantitative estimate of drug-likeness (QED) is 0.688. The minimum atomic E-state index is -1.11. The molecule has 84 valence electrons. The van der Waals surface area contributed by atoms with Crippen LogP contribution in [0.4, 0.5) is 5.69 Å². The van der Waals surface area contributed by atoms with E-state index in [1.54, 1.807) is 29.7 Å². The summed E-state index contributed by atoms with van der Waals surface area (Å²) >= 11 is 0. The molecule has 0 radical (unpaired) electrons. The van der Waals surface area contributed by atoms with Crippen molar-refractivity contribution in [3.05, 3.63) is 29.8 Å². The van der Waals surface area contributed by atoms with Crippen molar-refractivity contribution >= 4 is 17.2 Å². The molecule has 0 fully saturated rings.